The maximum atomic E-state index is 12.1. The zero-order valence-corrected chi connectivity index (χ0v) is 15.2. The van der Waals surface area contributed by atoms with Gasteiger partial charge in [-0.25, -0.2) is 0 Å². The van der Waals surface area contributed by atoms with Crippen molar-refractivity contribution in [2.45, 2.75) is 6.92 Å². The number of amides is 2. The zero-order valence-electron chi connectivity index (χ0n) is 15.2. The summed E-state index contributed by atoms with van der Waals surface area (Å²) in [5.74, 6) is -0.0196. The zero-order chi connectivity index (χ0) is 18.9. The lowest BCUT2D eigenvalue weighted by Gasteiger charge is -2.13. The van der Waals surface area contributed by atoms with Crippen molar-refractivity contribution in [3.8, 4) is 5.75 Å². The first-order valence-electron chi connectivity index (χ1n) is 8.28. The summed E-state index contributed by atoms with van der Waals surface area (Å²) in [5, 5.41) is 0. The van der Waals surface area contributed by atoms with Crippen molar-refractivity contribution in [1.82, 2.24) is 10.9 Å². The highest BCUT2D eigenvalue weighted by Gasteiger charge is 2.07. The Morgan fingerprint density at radius 2 is 1.81 bits per heavy atom. The molecule has 0 aliphatic carbocycles. The molecule has 2 aromatic carbocycles. The van der Waals surface area contributed by atoms with Gasteiger partial charge in [0.2, 0.25) is 0 Å². The minimum absolute atomic E-state index is 0.378. The number of benzene rings is 2. The molecule has 0 radical (unpaired) electrons. The molecule has 2 N–H and O–H groups in total. The monoisotopic (exact) mass is 353 g/mol. The van der Waals surface area contributed by atoms with E-state index in [9.17, 15) is 9.59 Å². The second-order valence-corrected chi connectivity index (χ2v) is 5.72. The highest BCUT2D eigenvalue weighted by molar-refractivity contribution is 5.98. The van der Waals surface area contributed by atoms with Gasteiger partial charge < -0.3 is 9.64 Å². The average Bonchev–Trinajstić information content (AvgIpc) is 2.66. The molecule has 0 aliphatic heterocycles. The van der Waals surface area contributed by atoms with Crippen molar-refractivity contribution < 1.29 is 14.3 Å². The van der Waals surface area contributed by atoms with Gasteiger partial charge in [-0.15, -0.1) is 0 Å². The molecule has 6 heteroatoms. The van der Waals surface area contributed by atoms with Crippen LogP contribution in [0, 0.1) is 0 Å². The van der Waals surface area contributed by atoms with E-state index >= 15 is 0 Å². The van der Waals surface area contributed by atoms with Crippen molar-refractivity contribution in [1.29, 1.82) is 0 Å². The van der Waals surface area contributed by atoms with Gasteiger partial charge in [0.25, 0.3) is 11.8 Å². The van der Waals surface area contributed by atoms with Gasteiger partial charge in [0.1, 0.15) is 5.75 Å². The highest BCUT2D eigenvalue weighted by atomic mass is 16.5. The van der Waals surface area contributed by atoms with E-state index in [2.05, 4.69) is 10.9 Å². The number of carbonyl (C=O) groups is 2. The normalized spacial score (nSPS) is 10.4. The molecule has 0 fully saturated rings. The summed E-state index contributed by atoms with van der Waals surface area (Å²) in [7, 11) is 3.79. The van der Waals surface area contributed by atoms with Gasteiger partial charge in [-0.1, -0.05) is 18.2 Å². The second-order valence-electron chi connectivity index (χ2n) is 5.72. The van der Waals surface area contributed by atoms with E-state index in [0.29, 0.717) is 12.2 Å². The van der Waals surface area contributed by atoms with Gasteiger partial charge in [-0.05, 0) is 48.9 Å². The molecule has 0 bridgehead atoms. The Labute approximate surface area is 153 Å². The first-order valence-corrected chi connectivity index (χ1v) is 8.28. The number of nitrogens with zero attached hydrogens (tertiary/aromatic N) is 1. The second kappa shape index (κ2) is 9.27. The van der Waals surface area contributed by atoms with Gasteiger partial charge in [0.15, 0.2) is 0 Å². The fourth-order valence-electron chi connectivity index (χ4n) is 2.17. The van der Waals surface area contributed by atoms with Gasteiger partial charge >= 0.3 is 0 Å². The van der Waals surface area contributed by atoms with Crippen molar-refractivity contribution in [2.24, 2.45) is 0 Å². The SMILES string of the molecule is CCOc1ccc(/C=C/C(=O)NNC(=O)c2cccc(N(C)C)c2)cc1. The summed E-state index contributed by atoms with van der Waals surface area (Å²) in [4.78, 5) is 25.9. The number of rotatable bonds is 6. The highest BCUT2D eigenvalue weighted by Crippen LogP contribution is 2.14. The van der Waals surface area contributed by atoms with Crippen molar-refractivity contribution >= 4 is 23.6 Å². The predicted molar refractivity (Wildman–Crippen MR) is 103 cm³/mol. The maximum absolute atomic E-state index is 12.1. The van der Waals surface area contributed by atoms with E-state index in [-0.39, 0.29) is 5.91 Å². The van der Waals surface area contributed by atoms with Crippen molar-refractivity contribution in [3.05, 3.63) is 65.7 Å². The molecule has 0 spiro atoms. The molecule has 0 heterocycles. The smallest absolute Gasteiger partial charge is 0.269 e. The van der Waals surface area contributed by atoms with Crippen LogP contribution in [0.1, 0.15) is 22.8 Å². The van der Waals surface area contributed by atoms with E-state index < -0.39 is 5.91 Å². The number of hydrazine groups is 1. The molecule has 6 nitrogen and oxygen atoms in total. The molecule has 136 valence electrons. The number of anilines is 1. The lowest BCUT2D eigenvalue weighted by atomic mass is 10.2. The molecule has 0 aliphatic rings. The van der Waals surface area contributed by atoms with Crippen LogP contribution >= 0.6 is 0 Å². The Hall–Kier alpha value is -3.28. The third-order valence-corrected chi connectivity index (χ3v) is 3.54. The average molecular weight is 353 g/mol. The van der Waals surface area contributed by atoms with E-state index in [1.807, 2.05) is 56.3 Å². The number of hydrogen-bond donors (Lipinski definition) is 2. The third kappa shape index (κ3) is 5.66. The lowest BCUT2D eigenvalue weighted by molar-refractivity contribution is -0.117. The summed E-state index contributed by atoms with van der Waals surface area (Å²) < 4.78 is 5.36. The van der Waals surface area contributed by atoms with Crippen LogP contribution in [0.3, 0.4) is 0 Å². The van der Waals surface area contributed by atoms with Gasteiger partial charge in [-0.3, -0.25) is 20.4 Å². The Balaban J connectivity index is 1.87. The van der Waals surface area contributed by atoms with Crippen molar-refractivity contribution in [3.63, 3.8) is 0 Å². The van der Waals surface area contributed by atoms with Gasteiger partial charge in [0, 0.05) is 31.4 Å². The summed E-state index contributed by atoms with van der Waals surface area (Å²) in [5.41, 5.74) is 6.99. The Kier molecular flexibility index (Phi) is 6.79. The van der Waals surface area contributed by atoms with Crippen LogP contribution in [0.15, 0.2) is 54.6 Å². The fourth-order valence-corrected chi connectivity index (χ4v) is 2.17. The largest absolute Gasteiger partial charge is 0.494 e. The summed E-state index contributed by atoms with van der Waals surface area (Å²) in [6, 6.07) is 14.5. The molecule has 0 unspecified atom stereocenters. The van der Waals surface area contributed by atoms with Crippen LogP contribution < -0.4 is 20.5 Å². The number of nitrogens with one attached hydrogen (secondary N) is 2. The molecule has 0 saturated carbocycles. The van der Waals surface area contributed by atoms with Crippen LogP contribution in [0.25, 0.3) is 6.08 Å². The Bertz CT molecular complexity index is 783. The Morgan fingerprint density at radius 1 is 1.08 bits per heavy atom. The van der Waals surface area contributed by atoms with Crippen LogP contribution in [0.4, 0.5) is 5.69 Å². The molecule has 2 rings (SSSR count). The van der Waals surface area contributed by atoms with Crippen molar-refractivity contribution in [2.75, 3.05) is 25.6 Å². The molecular weight excluding hydrogens is 330 g/mol. The number of carbonyl (C=O) groups excluding carboxylic acids is 2. The van der Waals surface area contributed by atoms with Gasteiger partial charge in [0.05, 0.1) is 6.61 Å². The first kappa shape index (κ1) is 19.1. The van der Waals surface area contributed by atoms with Crippen LogP contribution in [-0.4, -0.2) is 32.5 Å². The third-order valence-electron chi connectivity index (χ3n) is 3.54. The van der Waals surface area contributed by atoms with E-state index in [1.54, 1.807) is 24.3 Å². The quantitative estimate of drug-likeness (QED) is 0.619. The molecule has 0 aromatic heterocycles. The molecule has 0 saturated heterocycles. The predicted octanol–water partition coefficient (Wildman–Crippen LogP) is 2.63. The van der Waals surface area contributed by atoms with Crippen LogP contribution in [0.5, 0.6) is 5.75 Å². The minimum atomic E-state index is -0.420. The van der Waals surface area contributed by atoms with Crippen LogP contribution in [-0.2, 0) is 4.79 Å². The number of hydrogen-bond acceptors (Lipinski definition) is 4. The summed E-state index contributed by atoms with van der Waals surface area (Å²) in [6.07, 6.45) is 3.01. The summed E-state index contributed by atoms with van der Waals surface area (Å²) >= 11 is 0. The minimum Gasteiger partial charge on any atom is -0.494 e. The standard InChI is InChI=1S/C20H23N3O3/c1-4-26-18-11-8-15(9-12-18)10-13-19(24)21-22-20(25)16-6-5-7-17(14-16)23(2)3/h5-14H,4H2,1-3H3,(H,21,24)(H,22,25)/b13-10+. The van der Waals surface area contributed by atoms with E-state index in [1.165, 1.54) is 6.08 Å². The Morgan fingerprint density at radius 3 is 2.46 bits per heavy atom. The molecule has 0 atom stereocenters. The lowest BCUT2D eigenvalue weighted by Crippen LogP contribution is -2.40. The molecule has 2 aromatic rings. The first-order chi connectivity index (χ1) is 12.5. The number of ether oxygens (including phenoxy) is 1. The topological polar surface area (TPSA) is 70.7 Å². The van der Waals surface area contributed by atoms with E-state index in [0.717, 1.165) is 17.0 Å². The molecule has 26 heavy (non-hydrogen) atoms. The fraction of sp³-hybridized carbons (Fsp3) is 0.200. The molecule has 2 amide bonds. The van der Waals surface area contributed by atoms with Crippen LogP contribution in [0.2, 0.25) is 0 Å². The summed E-state index contributed by atoms with van der Waals surface area (Å²) in [6.45, 7) is 2.53. The van der Waals surface area contributed by atoms with Gasteiger partial charge in [-0.2, -0.15) is 0 Å². The van der Waals surface area contributed by atoms with E-state index in [4.69, 9.17) is 4.74 Å². The maximum Gasteiger partial charge on any atom is 0.269 e. The molecular formula is C20H23N3O3.